The van der Waals surface area contributed by atoms with Crippen molar-refractivity contribution in [2.24, 2.45) is 0 Å². The van der Waals surface area contributed by atoms with Gasteiger partial charge in [0.2, 0.25) is 0 Å². The lowest BCUT2D eigenvalue weighted by molar-refractivity contribution is -0.153. The molecule has 1 atom stereocenters. The molecule has 94 valence electrons. The maximum Gasteiger partial charge on any atom is 0.325 e. The number of hydrogen-bond donors (Lipinski definition) is 0. The lowest BCUT2D eigenvalue weighted by Crippen LogP contribution is -2.46. The summed E-state index contributed by atoms with van der Waals surface area (Å²) in [6.45, 7) is 7.63. The first kappa shape index (κ1) is 14.9. The number of rotatable bonds is 6. The third-order valence-corrected chi connectivity index (χ3v) is 2.20. The molecule has 0 aliphatic rings. The molecule has 0 aliphatic heterocycles. The normalized spacial score (nSPS) is 12.4. The molecular weight excluding hydrogens is 210 g/mol. The first-order chi connectivity index (χ1) is 7.43. The van der Waals surface area contributed by atoms with E-state index in [2.05, 4.69) is 4.74 Å². The summed E-state index contributed by atoms with van der Waals surface area (Å²) in [4.78, 5) is 24.5. The SMILES string of the molecule is CCOC(C)C(=O)N(CC(=O)OC)C(C)C. The van der Waals surface area contributed by atoms with Crippen LogP contribution in [0.2, 0.25) is 0 Å². The van der Waals surface area contributed by atoms with E-state index in [0.717, 1.165) is 0 Å². The third-order valence-electron chi connectivity index (χ3n) is 2.20. The number of methoxy groups -OCH3 is 1. The van der Waals surface area contributed by atoms with Crippen molar-refractivity contribution in [2.75, 3.05) is 20.3 Å². The zero-order valence-corrected chi connectivity index (χ0v) is 10.6. The van der Waals surface area contributed by atoms with Gasteiger partial charge in [0, 0.05) is 12.6 Å². The first-order valence-electron chi connectivity index (χ1n) is 5.42. The maximum absolute atomic E-state index is 11.9. The molecule has 0 radical (unpaired) electrons. The van der Waals surface area contributed by atoms with Crippen molar-refractivity contribution >= 4 is 11.9 Å². The molecule has 0 bridgehead atoms. The molecule has 0 heterocycles. The largest absolute Gasteiger partial charge is 0.468 e. The zero-order chi connectivity index (χ0) is 12.7. The van der Waals surface area contributed by atoms with Gasteiger partial charge in [-0.05, 0) is 27.7 Å². The number of hydrogen-bond acceptors (Lipinski definition) is 4. The van der Waals surface area contributed by atoms with Crippen molar-refractivity contribution in [3.63, 3.8) is 0 Å². The summed E-state index contributed by atoms with van der Waals surface area (Å²) in [6.07, 6.45) is -0.531. The highest BCUT2D eigenvalue weighted by atomic mass is 16.5. The van der Waals surface area contributed by atoms with Gasteiger partial charge >= 0.3 is 5.97 Å². The highest BCUT2D eigenvalue weighted by molar-refractivity contribution is 5.85. The average Bonchev–Trinajstić information content (AvgIpc) is 2.24. The van der Waals surface area contributed by atoms with E-state index in [4.69, 9.17) is 4.74 Å². The fraction of sp³-hybridized carbons (Fsp3) is 0.818. The summed E-state index contributed by atoms with van der Waals surface area (Å²) >= 11 is 0. The van der Waals surface area contributed by atoms with Gasteiger partial charge in [-0.15, -0.1) is 0 Å². The molecular formula is C11H21NO4. The van der Waals surface area contributed by atoms with Gasteiger partial charge in [-0.1, -0.05) is 0 Å². The number of ether oxygens (including phenoxy) is 2. The van der Waals surface area contributed by atoms with Crippen molar-refractivity contribution < 1.29 is 19.1 Å². The van der Waals surface area contributed by atoms with Crippen molar-refractivity contribution in [1.82, 2.24) is 4.90 Å². The van der Waals surface area contributed by atoms with Crippen LogP contribution in [-0.4, -0.2) is 49.2 Å². The van der Waals surface area contributed by atoms with Crippen LogP contribution in [0.3, 0.4) is 0 Å². The Morgan fingerprint density at radius 3 is 2.19 bits per heavy atom. The van der Waals surface area contributed by atoms with E-state index in [0.29, 0.717) is 6.61 Å². The van der Waals surface area contributed by atoms with Crippen LogP contribution in [0.15, 0.2) is 0 Å². The summed E-state index contributed by atoms with van der Waals surface area (Å²) in [5, 5.41) is 0. The number of amides is 1. The monoisotopic (exact) mass is 231 g/mol. The van der Waals surface area contributed by atoms with E-state index in [1.165, 1.54) is 12.0 Å². The summed E-state index contributed by atoms with van der Waals surface area (Å²) < 4.78 is 9.75. The van der Waals surface area contributed by atoms with Gasteiger partial charge in [0.1, 0.15) is 12.6 Å². The van der Waals surface area contributed by atoms with Crippen LogP contribution in [0.4, 0.5) is 0 Å². The second-order valence-corrected chi connectivity index (χ2v) is 3.73. The van der Waals surface area contributed by atoms with Gasteiger partial charge < -0.3 is 14.4 Å². The van der Waals surface area contributed by atoms with Crippen LogP contribution in [0.25, 0.3) is 0 Å². The molecule has 0 saturated carbocycles. The fourth-order valence-electron chi connectivity index (χ4n) is 1.27. The summed E-state index contributed by atoms with van der Waals surface area (Å²) in [7, 11) is 1.30. The molecule has 0 aromatic carbocycles. The van der Waals surface area contributed by atoms with Crippen molar-refractivity contribution in [1.29, 1.82) is 0 Å². The van der Waals surface area contributed by atoms with Gasteiger partial charge in [0.25, 0.3) is 5.91 Å². The quantitative estimate of drug-likeness (QED) is 0.635. The number of carbonyl (C=O) groups excluding carboxylic acids is 2. The molecule has 1 amide bonds. The van der Waals surface area contributed by atoms with Gasteiger partial charge in [-0.2, -0.15) is 0 Å². The van der Waals surface area contributed by atoms with Gasteiger partial charge in [0.05, 0.1) is 7.11 Å². The molecule has 0 aromatic heterocycles. The molecule has 0 rings (SSSR count). The van der Waals surface area contributed by atoms with Gasteiger partial charge in [-0.25, -0.2) is 0 Å². The lowest BCUT2D eigenvalue weighted by Gasteiger charge is -2.28. The fourth-order valence-corrected chi connectivity index (χ4v) is 1.27. The van der Waals surface area contributed by atoms with Crippen molar-refractivity contribution in [2.45, 2.75) is 39.8 Å². The Morgan fingerprint density at radius 2 is 1.81 bits per heavy atom. The Bertz CT molecular complexity index is 240. The molecule has 5 heteroatoms. The maximum atomic E-state index is 11.9. The predicted octanol–water partition coefficient (Wildman–Crippen LogP) is 0.821. The van der Waals surface area contributed by atoms with Gasteiger partial charge in [-0.3, -0.25) is 9.59 Å². The summed E-state index contributed by atoms with van der Waals surface area (Å²) in [5.74, 6) is -0.618. The molecule has 1 unspecified atom stereocenters. The number of carbonyl (C=O) groups is 2. The van der Waals surface area contributed by atoms with E-state index in [1.54, 1.807) is 6.92 Å². The smallest absolute Gasteiger partial charge is 0.325 e. The Morgan fingerprint density at radius 1 is 1.25 bits per heavy atom. The number of esters is 1. The molecule has 0 aromatic rings. The Hall–Kier alpha value is -1.10. The standard InChI is InChI=1S/C11H21NO4/c1-6-16-9(4)11(14)12(8(2)3)7-10(13)15-5/h8-9H,6-7H2,1-5H3. The van der Waals surface area contributed by atoms with E-state index in [1.807, 2.05) is 20.8 Å². The highest BCUT2D eigenvalue weighted by Gasteiger charge is 2.25. The summed E-state index contributed by atoms with van der Waals surface area (Å²) in [6, 6.07) is -0.0606. The second-order valence-electron chi connectivity index (χ2n) is 3.73. The molecule has 16 heavy (non-hydrogen) atoms. The zero-order valence-electron chi connectivity index (χ0n) is 10.6. The lowest BCUT2D eigenvalue weighted by atomic mass is 10.2. The first-order valence-corrected chi connectivity index (χ1v) is 5.42. The molecule has 0 spiro atoms. The third kappa shape index (κ3) is 4.61. The van der Waals surface area contributed by atoms with E-state index in [9.17, 15) is 9.59 Å². The Balaban J connectivity index is 4.52. The molecule has 0 N–H and O–H groups in total. The average molecular weight is 231 g/mol. The van der Waals surface area contributed by atoms with Crippen LogP contribution in [0.5, 0.6) is 0 Å². The van der Waals surface area contributed by atoms with Crippen molar-refractivity contribution in [3.05, 3.63) is 0 Å². The van der Waals surface area contributed by atoms with Crippen LogP contribution in [0, 0.1) is 0 Å². The van der Waals surface area contributed by atoms with Crippen LogP contribution in [0.1, 0.15) is 27.7 Å². The minimum Gasteiger partial charge on any atom is -0.468 e. The van der Waals surface area contributed by atoms with Crippen LogP contribution in [-0.2, 0) is 19.1 Å². The Kier molecular flexibility index (Phi) is 6.72. The second kappa shape index (κ2) is 7.22. The Labute approximate surface area is 96.7 Å². The predicted molar refractivity (Wildman–Crippen MR) is 60.0 cm³/mol. The van der Waals surface area contributed by atoms with Crippen LogP contribution < -0.4 is 0 Å². The molecule has 5 nitrogen and oxygen atoms in total. The molecule has 0 aliphatic carbocycles. The van der Waals surface area contributed by atoms with Crippen LogP contribution >= 0.6 is 0 Å². The van der Waals surface area contributed by atoms with Gasteiger partial charge in [0.15, 0.2) is 0 Å². The van der Waals surface area contributed by atoms with E-state index < -0.39 is 12.1 Å². The van der Waals surface area contributed by atoms with Crippen molar-refractivity contribution in [3.8, 4) is 0 Å². The van der Waals surface area contributed by atoms with E-state index >= 15 is 0 Å². The minimum atomic E-state index is -0.531. The topological polar surface area (TPSA) is 55.8 Å². The number of nitrogens with zero attached hydrogens (tertiary/aromatic N) is 1. The molecule has 0 saturated heterocycles. The summed E-state index contributed by atoms with van der Waals surface area (Å²) in [5.41, 5.74) is 0. The highest BCUT2D eigenvalue weighted by Crippen LogP contribution is 2.05. The minimum absolute atomic E-state index is 0.0373. The molecule has 0 fully saturated rings. The van der Waals surface area contributed by atoms with E-state index in [-0.39, 0.29) is 18.5 Å².